The first-order valence-electron chi connectivity index (χ1n) is 9.68. The van der Waals surface area contributed by atoms with Gasteiger partial charge in [0.15, 0.2) is 0 Å². The number of amides is 1. The lowest BCUT2D eigenvalue weighted by atomic mass is 10.0. The van der Waals surface area contributed by atoms with E-state index in [2.05, 4.69) is 17.1 Å². The van der Waals surface area contributed by atoms with Crippen LogP contribution in [0, 0.1) is 5.92 Å². The Labute approximate surface area is 166 Å². The Morgan fingerprint density at radius 1 is 1.29 bits per heavy atom. The van der Waals surface area contributed by atoms with Gasteiger partial charge >= 0.3 is 0 Å². The van der Waals surface area contributed by atoms with E-state index in [1.807, 2.05) is 0 Å². The monoisotopic (exact) mass is 411 g/mol. The molecule has 1 aromatic carbocycles. The molecule has 1 aromatic rings. The molecule has 2 heterocycles. The first-order valence-corrected chi connectivity index (χ1v) is 11.1. The van der Waals surface area contributed by atoms with Crippen LogP contribution in [0.5, 0.6) is 5.75 Å². The SMILES string of the molecule is COc1ccc(NC(=O)CN2CCC[C@H](C)C2)cc1S(=O)(=O)N1CCOCC1. The van der Waals surface area contributed by atoms with Crippen molar-refractivity contribution in [1.29, 1.82) is 0 Å². The smallest absolute Gasteiger partial charge is 0.246 e. The minimum absolute atomic E-state index is 0.0568. The van der Waals surface area contributed by atoms with Crippen LogP contribution < -0.4 is 10.1 Å². The second-order valence-corrected chi connectivity index (χ2v) is 9.32. The topological polar surface area (TPSA) is 88.2 Å². The second kappa shape index (κ2) is 9.21. The van der Waals surface area contributed by atoms with Crippen LogP contribution in [-0.2, 0) is 19.6 Å². The van der Waals surface area contributed by atoms with Crippen molar-refractivity contribution >= 4 is 21.6 Å². The first kappa shape index (κ1) is 21.0. The maximum absolute atomic E-state index is 13.0. The summed E-state index contributed by atoms with van der Waals surface area (Å²) in [7, 11) is -2.30. The number of ether oxygens (including phenoxy) is 2. The molecule has 0 radical (unpaired) electrons. The maximum atomic E-state index is 13.0. The summed E-state index contributed by atoms with van der Waals surface area (Å²) in [6.45, 7) is 5.66. The molecule has 3 rings (SSSR count). The van der Waals surface area contributed by atoms with Crippen LogP contribution in [0.3, 0.4) is 0 Å². The van der Waals surface area contributed by atoms with Crippen molar-refractivity contribution in [3.8, 4) is 5.75 Å². The number of hydrogen-bond donors (Lipinski definition) is 1. The minimum atomic E-state index is -3.73. The molecule has 0 spiro atoms. The molecule has 2 aliphatic heterocycles. The highest BCUT2D eigenvalue weighted by Crippen LogP contribution is 2.30. The van der Waals surface area contributed by atoms with Crippen molar-refractivity contribution in [1.82, 2.24) is 9.21 Å². The Morgan fingerprint density at radius 2 is 2.04 bits per heavy atom. The van der Waals surface area contributed by atoms with Crippen LogP contribution >= 0.6 is 0 Å². The van der Waals surface area contributed by atoms with E-state index in [0.29, 0.717) is 44.5 Å². The van der Waals surface area contributed by atoms with E-state index in [4.69, 9.17) is 9.47 Å². The van der Waals surface area contributed by atoms with E-state index in [9.17, 15) is 13.2 Å². The first-order chi connectivity index (χ1) is 13.4. The third-order valence-electron chi connectivity index (χ3n) is 5.14. The van der Waals surface area contributed by atoms with Crippen molar-refractivity contribution in [3.05, 3.63) is 18.2 Å². The number of sulfonamides is 1. The summed E-state index contributed by atoms with van der Waals surface area (Å²) in [6.07, 6.45) is 2.29. The number of methoxy groups -OCH3 is 1. The Bertz CT molecular complexity index is 793. The molecule has 156 valence electrons. The van der Waals surface area contributed by atoms with Gasteiger partial charge in [0, 0.05) is 25.3 Å². The van der Waals surface area contributed by atoms with Crippen LogP contribution in [0.4, 0.5) is 5.69 Å². The fraction of sp³-hybridized carbons (Fsp3) is 0.632. The van der Waals surface area contributed by atoms with Gasteiger partial charge in [-0.25, -0.2) is 8.42 Å². The van der Waals surface area contributed by atoms with E-state index < -0.39 is 10.0 Å². The number of piperidine rings is 1. The van der Waals surface area contributed by atoms with Crippen LogP contribution in [0.2, 0.25) is 0 Å². The number of anilines is 1. The predicted molar refractivity (Wildman–Crippen MR) is 106 cm³/mol. The summed E-state index contributed by atoms with van der Waals surface area (Å²) in [5.41, 5.74) is 0.447. The number of nitrogens with one attached hydrogen (secondary N) is 1. The molecular weight excluding hydrogens is 382 g/mol. The van der Waals surface area contributed by atoms with E-state index in [-0.39, 0.29) is 16.6 Å². The molecule has 2 fully saturated rings. The van der Waals surface area contributed by atoms with Crippen molar-refractivity contribution in [2.75, 3.05) is 58.4 Å². The van der Waals surface area contributed by atoms with E-state index >= 15 is 0 Å². The van der Waals surface area contributed by atoms with Gasteiger partial charge in [-0.15, -0.1) is 0 Å². The quantitative estimate of drug-likeness (QED) is 0.761. The van der Waals surface area contributed by atoms with Gasteiger partial charge in [0.05, 0.1) is 26.9 Å². The van der Waals surface area contributed by atoms with Gasteiger partial charge in [-0.1, -0.05) is 6.92 Å². The van der Waals surface area contributed by atoms with Crippen LogP contribution in [0.1, 0.15) is 19.8 Å². The summed E-state index contributed by atoms with van der Waals surface area (Å²) in [5.74, 6) is 0.705. The average Bonchev–Trinajstić information content (AvgIpc) is 2.68. The molecule has 0 saturated carbocycles. The van der Waals surface area contributed by atoms with Crippen LogP contribution in [0.15, 0.2) is 23.1 Å². The predicted octanol–water partition coefficient (Wildman–Crippen LogP) is 1.39. The van der Waals surface area contributed by atoms with Crippen molar-refractivity contribution in [3.63, 3.8) is 0 Å². The molecule has 0 bridgehead atoms. The zero-order chi connectivity index (χ0) is 20.1. The van der Waals surface area contributed by atoms with Crippen molar-refractivity contribution < 1.29 is 22.7 Å². The van der Waals surface area contributed by atoms with Gasteiger partial charge in [0.1, 0.15) is 10.6 Å². The molecule has 8 nitrogen and oxygen atoms in total. The molecule has 2 aliphatic rings. The molecule has 0 aliphatic carbocycles. The highest BCUT2D eigenvalue weighted by atomic mass is 32.2. The fourth-order valence-corrected chi connectivity index (χ4v) is 5.31. The number of carbonyl (C=O) groups is 1. The number of rotatable bonds is 6. The second-order valence-electron chi connectivity index (χ2n) is 7.41. The summed E-state index contributed by atoms with van der Waals surface area (Å²) in [6, 6.07) is 4.71. The Balaban J connectivity index is 1.74. The summed E-state index contributed by atoms with van der Waals surface area (Å²) in [5, 5.41) is 2.83. The number of nitrogens with zero attached hydrogens (tertiary/aromatic N) is 2. The van der Waals surface area contributed by atoms with Gasteiger partial charge in [-0.3, -0.25) is 9.69 Å². The third kappa shape index (κ3) is 5.02. The molecule has 1 amide bonds. The lowest BCUT2D eigenvalue weighted by molar-refractivity contribution is -0.117. The molecule has 2 saturated heterocycles. The van der Waals surface area contributed by atoms with Crippen molar-refractivity contribution in [2.24, 2.45) is 5.92 Å². The number of morpholine rings is 1. The summed E-state index contributed by atoms with van der Waals surface area (Å²) >= 11 is 0. The van der Waals surface area contributed by atoms with Gasteiger partial charge in [0.2, 0.25) is 15.9 Å². The largest absolute Gasteiger partial charge is 0.495 e. The molecule has 0 aromatic heterocycles. The number of carbonyl (C=O) groups excluding carboxylic acids is 1. The highest BCUT2D eigenvalue weighted by Gasteiger charge is 2.29. The number of likely N-dealkylation sites (tertiary alicyclic amines) is 1. The standard InChI is InChI=1S/C19H29N3O5S/c1-15-4-3-7-21(13-15)14-19(23)20-16-5-6-17(26-2)18(12-16)28(24,25)22-8-10-27-11-9-22/h5-6,12,15H,3-4,7-11,13-14H2,1-2H3,(H,20,23)/t15-/m0/s1. The summed E-state index contributed by atoms with van der Waals surface area (Å²) < 4.78 is 37.9. The third-order valence-corrected chi connectivity index (χ3v) is 7.06. The molecule has 1 atom stereocenters. The lowest BCUT2D eigenvalue weighted by Crippen LogP contribution is -2.41. The van der Waals surface area contributed by atoms with Gasteiger partial charge in [-0.05, 0) is 43.5 Å². The van der Waals surface area contributed by atoms with Crippen molar-refractivity contribution in [2.45, 2.75) is 24.7 Å². The average molecular weight is 412 g/mol. The molecule has 0 unspecified atom stereocenters. The Kier molecular flexibility index (Phi) is 6.92. The van der Waals surface area contributed by atoms with E-state index in [0.717, 1.165) is 19.5 Å². The fourth-order valence-electron chi connectivity index (χ4n) is 3.72. The molecule has 9 heteroatoms. The van der Waals surface area contributed by atoms with Crippen LogP contribution in [0.25, 0.3) is 0 Å². The zero-order valence-electron chi connectivity index (χ0n) is 16.5. The Hall–Kier alpha value is -1.68. The van der Waals surface area contributed by atoms with Gasteiger partial charge in [-0.2, -0.15) is 4.31 Å². The van der Waals surface area contributed by atoms with E-state index in [1.165, 1.54) is 23.9 Å². The molecular formula is C19H29N3O5S. The van der Waals surface area contributed by atoms with Gasteiger partial charge < -0.3 is 14.8 Å². The number of hydrogen-bond acceptors (Lipinski definition) is 6. The Morgan fingerprint density at radius 3 is 2.71 bits per heavy atom. The van der Waals surface area contributed by atoms with Gasteiger partial charge in [0.25, 0.3) is 0 Å². The lowest BCUT2D eigenvalue weighted by Gasteiger charge is -2.30. The molecule has 1 N–H and O–H groups in total. The van der Waals surface area contributed by atoms with Crippen LogP contribution in [-0.4, -0.2) is 76.6 Å². The number of benzene rings is 1. The maximum Gasteiger partial charge on any atom is 0.246 e. The molecule has 28 heavy (non-hydrogen) atoms. The zero-order valence-corrected chi connectivity index (χ0v) is 17.3. The summed E-state index contributed by atoms with van der Waals surface area (Å²) in [4.78, 5) is 14.6. The minimum Gasteiger partial charge on any atom is -0.495 e. The van der Waals surface area contributed by atoms with E-state index in [1.54, 1.807) is 12.1 Å². The highest BCUT2D eigenvalue weighted by molar-refractivity contribution is 7.89. The normalized spacial score (nSPS) is 22.0.